The number of methoxy groups -OCH3 is 1. The van der Waals surface area contributed by atoms with Crippen LogP contribution in [0.4, 0.5) is 0 Å². The number of carbonyl (C=O) groups excluding carboxylic acids is 1. The number of nitrogens with zero attached hydrogens (tertiary/aromatic N) is 2. The van der Waals surface area contributed by atoms with Crippen molar-refractivity contribution < 1.29 is 14.6 Å². The Balaban J connectivity index is 2.15. The van der Waals surface area contributed by atoms with E-state index in [1.165, 1.54) is 13.3 Å². The highest BCUT2D eigenvalue weighted by Crippen LogP contribution is 2.14. The van der Waals surface area contributed by atoms with Crippen molar-refractivity contribution in [3.8, 4) is 0 Å². The molecule has 0 saturated carbocycles. The molecular formula is C14H16N2O3. The first-order valence-electron chi connectivity index (χ1n) is 5.98. The molecule has 5 nitrogen and oxygen atoms in total. The fourth-order valence-electron chi connectivity index (χ4n) is 1.88. The van der Waals surface area contributed by atoms with Crippen LogP contribution in [-0.2, 0) is 11.3 Å². The minimum atomic E-state index is -0.524. The smallest absolute Gasteiger partial charge is 0.339 e. The highest BCUT2D eigenvalue weighted by atomic mass is 16.5. The fraction of sp³-hybridized carbons (Fsp3) is 0.286. The quantitative estimate of drug-likeness (QED) is 0.851. The van der Waals surface area contributed by atoms with Crippen LogP contribution < -0.4 is 0 Å². The van der Waals surface area contributed by atoms with Crippen LogP contribution in [0, 0.1) is 0 Å². The summed E-state index contributed by atoms with van der Waals surface area (Å²) in [4.78, 5) is 15.5. The Hall–Kier alpha value is -2.14. The number of hydrogen-bond acceptors (Lipinski definition) is 4. The van der Waals surface area contributed by atoms with Gasteiger partial charge in [0.1, 0.15) is 0 Å². The number of esters is 1. The average Bonchev–Trinajstić information content (AvgIpc) is 2.87. The number of aromatic nitrogens is 2. The summed E-state index contributed by atoms with van der Waals surface area (Å²) in [5.74, 6) is -0.398. The van der Waals surface area contributed by atoms with Gasteiger partial charge in [0.2, 0.25) is 0 Å². The summed E-state index contributed by atoms with van der Waals surface area (Å²) in [5.41, 5.74) is 2.07. The summed E-state index contributed by atoms with van der Waals surface area (Å²) in [5, 5.41) is 9.62. The Morgan fingerprint density at radius 2 is 2.26 bits per heavy atom. The highest BCUT2D eigenvalue weighted by Gasteiger charge is 2.09. The van der Waals surface area contributed by atoms with Crippen molar-refractivity contribution in [3.63, 3.8) is 0 Å². The van der Waals surface area contributed by atoms with Crippen molar-refractivity contribution in [2.75, 3.05) is 7.11 Å². The van der Waals surface area contributed by atoms with Gasteiger partial charge in [-0.1, -0.05) is 0 Å². The van der Waals surface area contributed by atoms with Crippen molar-refractivity contribution >= 4 is 5.97 Å². The van der Waals surface area contributed by atoms with Crippen LogP contribution >= 0.6 is 0 Å². The molecule has 1 unspecified atom stereocenters. The monoisotopic (exact) mass is 260 g/mol. The van der Waals surface area contributed by atoms with E-state index in [0.717, 1.165) is 11.4 Å². The molecule has 1 atom stereocenters. The maximum Gasteiger partial charge on any atom is 0.339 e. The zero-order chi connectivity index (χ0) is 13.8. The normalized spacial score (nSPS) is 12.2. The predicted molar refractivity (Wildman–Crippen MR) is 69.7 cm³/mol. The van der Waals surface area contributed by atoms with Gasteiger partial charge in [0.05, 0.1) is 31.0 Å². The molecule has 19 heavy (non-hydrogen) atoms. The second-order valence-electron chi connectivity index (χ2n) is 4.27. The molecule has 0 bridgehead atoms. The summed E-state index contributed by atoms with van der Waals surface area (Å²) in [6.45, 7) is 2.27. The van der Waals surface area contributed by atoms with E-state index in [0.29, 0.717) is 12.1 Å². The van der Waals surface area contributed by atoms with Gasteiger partial charge in [0, 0.05) is 18.1 Å². The Kier molecular flexibility index (Phi) is 3.97. The Bertz CT molecular complexity index is 558. The third kappa shape index (κ3) is 3.00. The van der Waals surface area contributed by atoms with Gasteiger partial charge in [-0.3, -0.25) is 4.98 Å². The number of aliphatic hydroxyl groups is 1. The molecule has 2 aromatic heterocycles. The van der Waals surface area contributed by atoms with E-state index in [2.05, 4.69) is 9.72 Å². The SMILES string of the molecule is COC(=O)c1ccc(Cn2cccc2C(C)O)nc1. The van der Waals surface area contributed by atoms with Gasteiger partial charge in [-0.25, -0.2) is 4.79 Å². The standard InChI is InChI=1S/C14H16N2O3/c1-10(17)13-4-3-7-16(13)9-12-6-5-11(8-15-12)14(18)19-2/h3-8,10,17H,9H2,1-2H3. The molecule has 1 N–H and O–H groups in total. The van der Waals surface area contributed by atoms with Gasteiger partial charge in [-0.2, -0.15) is 0 Å². The van der Waals surface area contributed by atoms with Crippen LogP contribution in [0.25, 0.3) is 0 Å². The molecule has 5 heteroatoms. The summed E-state index contributed by atoms with van der Waals surface area (Å²) in [6, 6.07) is 7.20. The minimum Gasteiger partial charge on any atom is -0.465 e. The van der Waals surface area contributed by atoms with Crippen LogP contribution in [0.3, 0.4) is 0 Å². The molecule has 2 rings (SSSR count). The minimum absolute atomic E-state index is 0.398. The van der Waals surface area contributed by atoms with E-state index in [9.17, 15) is 9.90 Å². The molecule has 0 fully saturated rings. The van der Waals surface area contributed by atoms with E-state index in [4.69, 9.17) is 0 Å². The molecule has 0 aliphatic heterocycles. The van der Waals surface area contributed by atoms with E-state index in [1.54, 1.807) is 19.1 Å². The van der Waals surface area contributed by atoms with Gasteiger partial charge < -0.3 is 14.4 Å². The largest absolute Gasteiger partial charge is 0.465 e. The summed E-state index contributed by atoms with van der Waals surface area (Å²) < 4.78 is 6.54. The van der Waals surface area contributed by atoms with Crippen LogP contribution in [0.15, 0.2) is 36.7 Å². The number of aliphatic hydroxyl groups excluding tert-OH is 1. The molecule has 100 valence electrons. The number of ether oxygens (including phenoxy) is 1. The van der Waals surface area contributed by atoms with Crippen molar-refractivity contribution in [1.82, 2.24) is 9.55 Å². The Morgan fingerprint density at radius 3 is 2.84 bits per heavy atom. The predicted octanol–water partition coefficient (Wildman–Crippen LogP) is 1.77. The van der Waals surface area contributed by atoms with Crippen molar-refractivity contribution in [2.45, 2.75) is 19.6 Å². The molecule has 0 aliphatic rings. The molecule has 0 aliphatic carbocycles. The van der Waals surface area contributed by atoms with Crippen LogP contribution in [-0.4, -0.2) is 27.7 Å². The van der Waals surface area contributed by atoms with E-state index >= 15 is 0 Å². The maximum absolute atomic E-state index is 11.3. The molecule has 0 amide bonds. The molecule has 2 aromatic rings. The van der Waals surface area contributed by atoms with Gasteiger partial charge in [-0.15, -0.1) is 0 Å². The molecule has 0 radical (unpaired) electrons. The lowest BCUT2D eigenvalue weighted by molar-refractivity contribution is 0.0600. The third-order valence-corrected chi connectivity index (χ3v) is 2.87. The first-order valence-corrected chi connectivity index (χ1v) is 5.98. The zero-order valence-corrected chi connectivity index (χ0v) is 10.9. The first kappa shape index (κ1) is 13.3. The second-order valence-corrected chi connectivity index (χ2v) is 4.27. The maximum atomic E-state index is 11.3. The van der Waals surface area contributed by atoms with Crippen LogP contribution in [0.2, 0.25) is 0 Å². The van der Waals surface area contributed by atoms with Crippen molar-refractivity contribution in [3.05, 3.63) is 53.6 Å². The van der Waals surface area contributed by atoms with Crippen molar-refractivity contribution in [1.29, 1.82) is 0 Å². The lowest BCUT2D eigenvalue weighted by atomic mass is 10.2. The molecule has 0 aromatic carbocycles. The zero-order valence-electron chi connectivity index (χ0n) is 10.9. The van der Waals surface area contributed by atoms with E-state index < -0.39 is 12.1 Å². The topological polar surface area (TPSA) is 64.3 Å². The van der Waals surface area contributed by atoms with Gasteiger partial charge in [0.15, 0.2) is 0 Å². The van der Waals surface area contributed by atoms with Gasteiger partial charge in [-0.05, 0) is 31.2 Å². The molecular weight excluding hydrogens is 244 g/mol. The molecule has 0 spiro atoms. The van der Waals surface area contributed by atoms with Gasteiger partial charge in [0.25, 0.3) is 0 Å². The van der Waals surface area contributed by atoms with Crippen molar-refractivity contribution in [2.24, 2.45) is 0 Å². The number of pyridine rings is 1. The Morgan fingerprint density at radius 1 is 1.47 bits per heavy atom. The fourth-order valence-corrected chi connectivity index (χ4v) is 1.88. The number of hydrogen-bond donors (Lipinski definition) is 1. The first-order chi connectivity index (χ1) is 9.11. The average molecular weight is 260 g/mol. The van der Waals surface area contributed by atoms with Crippen LogP contribution in [0.5, 0.6) is 0 Å². The summed E-state index contributed by atoms with van der Waals surface area (Å²) in [6.07, 6.45) is 2.86. The van der Waals surface area contributed by atoms with Gasteiger partial charge >= 0.3 is 5.97 Å². The number of rotatable bonds is 4. The Labute approximate surface area is 111 Å². The molecule has 0 saturated heterocycles. The van der Waals surface area contributed by atoms with E-state index in [-0.39, 0.29) is 0 Å². The highest BCUT2D eigenvalue weighted by molar-refractivity contribution is 5.88. The summed E-state index contributed by atoms with van der Waals surface area (Å²) in [7, 11) is 1.34. The van der Waals surface area contributed by atoms with Crippen LogP contribution in [0.1, 0.15) is 34.8 Å². The summed E-state index contributed by atoms with van der Waals surface area (Å²) >= 11 is 0. The third-order valence-electron chi connectivity index (χ3n) is 2.87. The number of carbonyl (C=O) groups is 1. The molecule has 2 heterocycles. The second kappa shape index (κ2) is 5.67. The lowest BCUT2D eigenvalue weighted by Crippen LogP contribution is -2.08. The van der Waals surface area contributed by atoms with E-state index in [1.807, 2.05) is 22.9 Å². The lowest BCUT2D eigenvalue weighted by Gasteiger charge is -2.11.